The van der Waals surface area contributed by atoms with Crippen LogP contribution in [0, 0.1) is 5.92 Å². The molecule has 2 aliphatic heterocycles. The van der Waals surface area contributed by atoms with E-state index in [4.69, 9.17) is 0 Å². The molecule has 4 heteroatoms. The highest BCUT2D eigenvalue weighted by molar-refractivity contribution is 5.83. The number of likely N-dealkylation sites (N-methyl/N-ethyl adjacent to an activating group) is 1. The predicted molar refractivity (Wildman–Crippen MR) is 71.4 cm³/mol. The monoisotopic (exact) mass is 251 g/mol. The molecule has 0 radical (unpaired) electrons. The summed E-state index contributed by atoms with van der Waals surface area (Å²) in [6.07, 6.45) is 6.48. The molecule has 3 rings (SSSR count). The maximum absolute atomic E-state index is 12.7. The molecule has 3 aliphatic rings. The Labute approximate surface area is 110 Å². The lowest BCUT2D eigenvalue weighted by Crippen LogP contribution is -2.67. The van der Waals surface area contributed by atoms with E-state index in [9.17, 15) is 4.79 Å². The molecule has 2 saturated heterocycles. The van der Waals surface area contributed by atoms with Gasteiger partial charge in [-0.25, -0.2) is 0 Å². The van der Waals surface area contributed by atoms with Crippen molar-refractivity contribution in [1.29, 1.82) is 0 Å². The van der Waals surface area contributed by atoms with Crippen molar-refractivity contribution < 1.29 is 4.79 Å². The van der Waals surface area contributed by atoms with Crippen LogP contribution in [0.1, 0.15) is 32.1 Å². The van der Waals surface area contributed by atoms with Crippen LogP contribution in [-0.4, -0.2) is 61.0 Å². The minimum absolute atomic E-state index is 0.166. The third-order valence-electron chi connectivity index (χ3n) is 4.96. The number of rotatable bonds is 1. The van der Waals surface area contributed by atoms with E-state index in [0.29, 0.717) is 17.9 Å². The largest absolute Gasteiger partial charge is 0.334 e. The smallest absolute Gasteiger partial charge is 0.240 e. The van der Waals surface area contributed by atoms with Gasteiger partial charge < -0.3 is 10.2 Å². The maximum Gasteiger partial charge on any atom is 0.240 e. The highest BCUT2D eigenvalue weighted by Crippen LogP contribution is 2.32. The van der Waals surface area contributed by atoms with Crippen LogP contribution >= 0.6 is 0 Å². The van der Waals surface area contributed by atoms with Crippen LogP contribution in [-0.2, 0) is 4.79 Å². The number of nitrogens with zero attached hydrogens (tertiary/aromatic N) is 2. The second-order valence-corrected chi connectivity index (χ2v) is 6.17. The third kappa shape index (κ3) is 2.16. The molecule has 0 aromatic carbocycles. The van der Waals surface area contributed by atoms with Crippen molar-refractivity contribution >= 4 is 5.91 Å². The minimum atomic E-state index is 0.166. The molecule has 3 fully saturated rings. The lowest BCUT2D eigenvalue weighted by molar-refractivity contribution is -0.149. The first-order valence-electron chi connectivity index (χ1n) is 7.49. The summed E-state index contributed by atoms with van der Waals surface area (Å²) in [5, 5.41) is 3.40. The van der Waals surface area contributed by atoms with E-state index in [2.05, 4.69) is 22.2 Å². The zero-order valence-corrected chi connectivity index (χ0v) is 11.4. The molecule has 0 spiro atoms. The molecule has 2 unspecified atom stereocenters. The Balaban J connectivity index is 1.74. The van der Waals surface area contributed by atoms with Gasteiger partial charge in [0.15, 0.2) is 0 Å². The van der Waals surface area contributed by atoms with E-state index in [0.717, 1.165) is 26.2 Å². The molecular formula is C14H25N3O. The molecule has 102 valence electrons. The van der Waals surface area contributed by atoms with Crippen molar-refractivity contribution in [2.45, 2.75) is 44.2 Å². The van der Waals surface area contributed by atoms with E-state index in [1.165, 1.54) is 32.1 Å². The first-order chi connectivity index (χ1) is 8.77. The van der Waals surface area contributed by atoms with Crippen LogP contribution < -0.4 is 5.32 Å². The number of fused-ring (bicyclic) bond motifs is 1. The summed E-state index contributed by atoms with van der Waals surface area (Å²) in [4.78, 5) is 17.2. The fraction of sp³-hybridized carbons (Fsp3) is 0.929. The van der Waals surface area contributed by atoms with E-state index < -0.39 is 0 Å². The average Bonchev–Trinajstić information content (AvgIpc) is 2.40. The summed E-state index contributed by atoms with van der Waals surface area (Å²) in [5.41, 5.74) is 0. The van der Waals surface area contributed by atoms with Gasteiger partial charge in [0, 0.05) is 26.2 Å². The van der Waals surface area contributed by atoms with Crippen molar-refractivity contribution in [3.05, 3.63) is 0 Å². The highest BCUT2D eigenvalue weighted by Gasteiger charge is 2.43. The van der Waals surface area contributed by atoms with Gasteiger partial charge in [-0.1, -0.05) is 19.3 Å². The van der Waals surface area contributed by atoms with Crippen LogP contribution in [0.25, 0.3) is 0 Å². The molecular weight excluding hydrogens is 226 g/mol. The average molecular weight is 251 g/mol. The Kier molecular flexibility index (Phi) is 3.57. The molecule has 1 aliphatic carbocycles. The summed E-state index contributed by atoms with van der Waals surface area (Å²) in [7, 11) is 2.14. The topological polar surface area (TPSA) is 35.6 Å². The molecule has 2 heterocycles. The Morgan fingerprint density at radius 1 is 1.22 bits per heavy atom. The number of hydrogen-bond donors (Lipinski definition) is 1. The first kappa shape index (κ1) is 12.4. The molecule has 1 saturated carbocycles. The van der Waals surface area contributed by atoms with Crippen molar-refractivity contribution in [1.82, 2.24) is 15.1 Å². The molecule has 0 aromatic rings. The van der Waals surface area contributed by atoms with Crippen LogP contribution in [0.15, 0.2) is 0 Å². The van der Waals surface area contributed by atoms with Gasteiger partial charge in [-0.2, -0.15) is 0 Å². The van der Waals surface area contributed by atoms with E-state index >= 15 is 0 Å². The number of carbonyl (C=O) groups excluding carboxylic acids is 1. The summed E-state index contributed by atoms with van der Waals surface area (Å²) in [5.74, 6) is 1.01. The Bertz CT molecular complexity index is 314. The third-order valence-corrected chi connectivity index (χ3v) is 4.96. The Morgan fingerprint density at radius 3 is 2.78 bits per heavy atom. The number of piperazine rings is 2. The van der Waals surface area contributed by atoms with Crippen LogP contribution in [0.5, 0.6) is 0 Å². The van der Waals surface area contributed by atoms with Gasteiger partial charge in [0.25, 0.3) is 0 Å². The predicted octanol–water partition coefficient (Wildman–Crippen LogP) is 0.681. The summed E-state index contributed by atoms with van der Waals surface area (Å²) >= 11 is 0. The van der Waals surface area contributed by atoms with Gasteiger partial charge in [0.1, 0.15) is 0 Å². The van der Waals surface area contributed by atoms with Gasteiger partial charge in [0.05, 0.1) is 12.1 Å². The number of carbonyl (C=O) groups is 1. The standard InChI is InChI=1S/C14H25N3O/c1-16-10-12-9-15-7-8-17(12)14(18)13(16)11-5-3-2-4-6-11/h11-13,15H,2-10H2,1H3. The molecule has 4 nitrogen and oxygen atoms in total. The molecule has 0 bridgehead atoms. The van der Waals surface area contributed by atoms with Crippen LogP contribution in [0.4, 0.5) is 0 Å². The van der Waals surface area contributed by atoms with Gasteiger partial charge in [-0.3, -0.25) is 9.69 Å². The lowest BCUT2D eigenvalue weighted by Gasteiger charge is -2.49. The van der Waals surface area contributed by atoms with Crippen LogP contribution in [0.3, 0.4) is 0 Å². The van der Waals surface area contributed by atoms with E-state index in [-0.39, 0.29) is 6.04 Å². The van der Waals surface area contributed by atoms with Gasteiger partial charge in [-0.15, -0.1) is 0 Å². The highest BCUT2D eigenvalue weighted by atomic mass is 16.2. The fourth-order valence-corrected chi connectivity index (χ4v) is 4.03. The molecule has 1 N–H and O–H groups in total. The summed E-state index contributed by atoms with van der Waals surface area (Å²) in [6, 6.07) is 0.566. The molecule has 0 aromatic heterocycles. The number of amides is 1. The minimum Gasteiger partial charge on any atom is -0.334 e. The summed E-state index contributed by atoms with van der Waals surface area (Å²) < 4.78 is 0. The summed E-state index contributed by atoms with van der Waals surface area (Å²) in [6.45, 7) is 3.87. The van der Waals surface area contributed by atoms with Gasteiger partial charge in [0.2, 0.25) is 5.91 Å². The maximum atomic E-state index is 12.7. The zero-order chi connectivity index (χ0) is 12.5. The SMILES string of the molecule is CN1CC2CNCCN2C(=O)C1C1CCCCC1. The normalized spacial score (nSPS) is 35.6. The van der Waals surface area contributed by atoms with Gasteiger partial charge in [-0.05, 0) is 25.8 Å². The van der Waals surface area contributed by atoms with Crippen molar-refractivity contribution in [2.24, 2.45) is 5.92 Å². The quantitative estimate of drug-likeness (QED) is 0.744. The first-order valence-corrected chi connectivity index (χ1v) is 7.49. The molecule has 2 atom stereocenters. The lowest BCUT2D eigenvalue weighted by atomic mass is 9.81. The van der Waals surface area contributed by atoms with Crippen molar-refractivity contribution in [3.8, 4) is 0 Å². The Morgan fingerprint density at radius 2 is 2.00 bits per heavy atom. The van der Waals surface area contributed by atoms with Gasteiger partial charge >= 0.3 is 0 Å². The number of hydrogen-bond acceptors (Lipinski definition) is 3. The van der Waals surface area contributed by atoms with Crippen LogP contribution in [0.2, 0.25) is 0 Å². The molecule has 1 amide bonds. The van der Waals surface area contributed by atoms with E-state index in [1.54, 1.807) is 0 Å². The second kappa shape index (κ2) is 5.17. The fourth-order valence-electron chi connectivity index (χ4n) is 4.03. The van der Waals surface area contributed by atoms with E-state index in [1.807, 2.05) is 0 Å². The second-order valence-electron chi connectivity index (χ2n) is 6.17. The van der Waals surface area contributed by atoms with Crippen molar-refractivity contribution in [3.63, 3.8) is 0 Å². The zero-order valence-electron chi connectivity index (χ0n) is 11.4. The number of nitrogens with one attached hydrogen (secondary N) is 1. The van der Waals surface area contributed by atoms with Crippen molar-refractivity contribution in [2.75, 3.05) is 33.2 Å². The molecule has 18 heavy (non-hydrogen) atoms. The Hall–Kier alpha value is -0.610.